The number of imide groups is 1. The van der Waals surface area contributed by atoms with Crippen LogP contribution < -0.4 is 4.90 Å². The molecule has 0 fully saturated rings. The van der Waals surface area contributed by atoms with Crippen molar-refractivity contribution in [3.8, 4) is 0 Å². The maximum absolute atomic E-state index is 13.5. The second-order valence-corrected chi connectivity index (χ2v) is 6.63. The monoisotopic (exact) mass is 416 g/mol. The van der Waals surface area contributed by atoms with Crippen LogP contribution in [0.2, 0.25) is 0 Å². The number of hydrogen-bond acceptors (Lipinski definition) is 5. The molecule has 1 heterocycles. The van der Waals surface area contributed by atoms with Crippen molar-refractivity contribution in [2.75, 3.05) is 45.4 Å². The number of amides is 2. The molecule has 0 bridgehead atoms. The maximum Gasteiger partial charge on any atom is 0.282 e. The molecular weight excluding hydrogens is 394 g/mol. The minimum Gasteiger partial charge on any atom is -0.383 e. The number of hydrogen-bond donors (Lipinski definition) is 0. The number of anilines is 1. The number of methoxy groups -OCH3 is 2. The summed E-state index contributed by atoms with van der Waals surface area (Å²) in [4.78, 5) is 29.4. The van der Waals surface area contributed by atoms with Gasteiger partial charge in [-0.3, -0.25) is 9.59 Å². The molecule has 6 nitrogen and oxygen atoms in total. The molecule has 2 aromatic carbocycles. The molecule has 8 heteroatoms. The first kappa shape index (κ1) is 21.6. The van der Waals surface area contributed by atoms with Crippen molar-refractivity contribution in [3.05, 3.63) is 71.4 Å². The molecule has 0 N–H and O–H groups in total. The van der Waals surface area contributed by atoms with Crippen molar-refractivity contribution >= 4 is 23.1 Å². The van der Waals surface area contributed by atoms with E-state index in [-0.39, 0.29) is 17.0 Å². The van der Waals surface area contributed by atoms with Gasteiger partial charge < -0.3 is 14.4 Å². The van der Waals surface area contributed by atoms with Crippen molar-refractivity contribution in [1.82, 2.24) is 4.90 Å². The first-order valence-corrected chi connectivity index (χ1v) is 9.35. The molecule has 0 aromatic heterocycles. The molecule has 0 saturated carbocycles. The number of ether oxygens (including phenoxy) is 2. The number of rotatable bonds is 9. The summed E-state index contributed by atoms with van der Waals surface area (Å²) in [6.07, 6.45) is 0. The van der Waals surface area contributed by atoms with Gasteiger partial charge in [0.2, 0.25) is 0 Å². The fourth-order valence-corrected chi connectivity index (χ4v) is 3.25. The predicted molar refractivity (Wildman–Crippen MR) is 108 cm³/mol. The number of halogens is 2. The van der Waals surface area contributed by atoms with Crippen LogP contribution in [-0.4, -0.2) is 57.2 Å². The molecule has 0 radical (unpaired) electrons. The van der Waals surface area contributed by atoms with E-state index < -0.39 is 23.4 Å². The Balaban J connectivity index is 2.11. The van der Waals surface area contributed by atoms with Gasteiger partial charge >= 0.3 is 0 Å². The zero-order valence-electron chi connectivity index (χ0n) is 16.7. The maximum atomic E-state index is 13.5. The lowest BCUT2D eigenvalue weighted by atomic mass is 10.0. The lowest BCUT2D eigenvalue weighted by Crippen LogP contribution is -2.37. The van der Waals surface area contributed by atoms with E-state index in [9.17, 15) is 18.4 Å². The molecule has 1 aliphatic rings. The van der Waals surface area contributed by atoms with E-state index >= 15 is 0 Å². The van der Waals surface area contributed by atoms with Crippen molar-refractivity contribution < 1.29 is 27.8 Å². The minimum absolute atomic E-state index is 0.150. The Kier molecular flexibility index (Phi) is 6.91. The Bertz CT molecular complexity index is 935. The lowest BCUT2D eigenvalue weighted by molar-refractivity contribution is -0.120. The van der Waals surface area contributed by atoms with Crippen LogP contribution in [0.3, 0.4) is 0 Å². The highest BCUT2D eigenvalue weighted by Gasteiger charge is 2.42. The van der Waals surface area contributed by atoms with Gasteiger partial charge in [-0.15, -0.1) is 0 Å². The van der Waals surface area contributed by atoms with Gasteiger partial charge in [0, 0.05) is 27.3 Å². The minimum atomic E-state index is -0.562. The first-order chi connectivity index (χ1) is 14.5. The Hall–Kier alpha value is -3.10. The standard InChI is InChI=1S/C22H22F2N2O4/c1-29-13-11-25(12-14-30-2)20-19(15-3-5-16(23)6-4-15)21(27)26(22(20)28)18-9-7-17(24)8-10-18/h3-10H,11-14H2,1-2H3. The third-order valence-electron chi connectivity index (χ3n) is 4.72. The average Bonchev–Trinajstić information content (AvgIpc) is 3.00. The summed E-state index contributed by atoms with van der Waals surface area (Å²) in [7, 11) is 3.08. The number of carbonyl (C=O) groups excluding carboxylic acids is 2. The second-order valence-electron chi connectivity index (χ2n) is 6.63. The van der Waals surface area contributed by atoms with E-state index in [0.29, 0.717) is 31.9 Å². The molecule has 1 aliphatic heterocycles. The van der Waals surface area contributed by atoms with Gasteiger partial charge in [0.15, 0.2) is 0 Å². The summed E-state index contributed by atoms with van der Waals surface area (Å²) in [6.45, 7) is 1.33. The van der Waals surface area contributed by atoms with Gasteiger partial charge in [0.1, 0.15) is 17.3 Å². The van der Waals surface area contributed by atoms with Crippen molar-refractivity contribution in [2.45, 2.75) is 0 Å². The van der Waals surface area contributed by atoms with Crippen molar-refractivity contribution in [2.24, 2.45) is 0 Å². The van der Waals surface area contributed by atoms with Gasteiger partial charge in [0.25, 0.3) is 11.8 Å². The number of carbonyl (C=O) groups is 2. The zero-order valence-corrected chi connectivity index (χ0v) is 16.7. The molecule has 3 rings (SSSR count). The molecule has 0 unspecified atom stereocenters. The molecule has 0 atom stereocenters. The summed E-state index contributed by atoms with van der Waals surface area (Å²) >= 11 is 0. The van der Waals surface area contributed by atoms with Crippen LogP contribution in [0.15, 0.2) is 54.2 Å². The molecule has 158 valence electrons. The van der Waals surface area contributed by atoms with Gasteiger partial charge in [-0.25, -0.2) is 13.7 Å². The Morgan fingerprint density at radius 2 is 1.30 bits per heavy atom. The predicted octanol–water partition coefficient (Wildman–Crippen LogP) is 2.84. The SMILES string of the molecule is COCCN(CCOC)C1=C(c2ccc(F)cc2)C(=O)N(c2ccc(F)cc2)C1=O. The molecule has 0 saturated heterocycles. The lowest BCUT2D eigenvalue weighted by Gasteiger charge is -2.25. The fourth-order valence-electron chi connectivity index (χ4n) is 3.25. The summed E-state index contributed by atoms with van der Waals surface area (Å²) < 4.78 is 37.1. The highest BCUT2D eigenvalue weighted by atomic mass is 19.1. The molecule has 2 amide bonds. The van der Waals surface area contributed by atoms with E-state index in [4.69, 9.17) is 9.47 Å². The van der Waals surface area contributed by atoms with Crippen LogP contribution in [0.5, 0.6) is 0 Å². The topological polar surface area (TPSA) is 59.1 Å². The van der Waals surface area contributed by atoms with Crippen LogP contribution in [0.25, 0.3) is 5.57 Å². The van der Waals surface area contributed by atoms with E-state index in [1.807, 2.05) is 0 Å². The summed E-state index contributed by atoms with van der Waals surface area (Å²) in [5, 5.41) is 0. The Labute approximate surface area is 173 Å². The normalized spacial score (nSPS) is 14.1. The van der Waals surface area contributed by atoms with Gasteiger partial charge in [-0.05, 0) is 42.0 Å². The van der Waals surface area contributed by atoms with Crippen LogP contribution in [0, 0.1) is 11.6 Å². The summed E-state index contributed by atoms with van der Waals surface area (Å²) in [5.74, 6) is -2.04. The average molecular weight is 416 g/mol. The van der Waals surface area contributed by atoms with E-state index in [1.54, 1.807) is 4.90 Å². The van der Waals surface area contributed by atoms with Crippen molar-refractivity contribution in [3.63, 3.8) is 0 Å². The highest BCUT2D eigenvalue weighted by Crippen LogP contribution is 2.34. The Morgan fingerprint density at radius 3 is 1.80 bits per heavy atom. The van der Waals surface area contributed by atoms with Gasteiger partial charge in [-0.2, -0.15) is 0 Å². The van der Waals surface area contributed by atoms with Crippen LogP contribution in [-0.2, 0) is 19.1 Å². The molecule has 2 aromatic rings. The summed E-state index contributed by atoms with van der Waals surface area (Å²) in [5.41, 5.74) is 0.982. The van der Waals surface area contributed by atoms with E-state index in [2.05, 4.69) is 0 Å². The third kappa shape index (κ3) is 4.39. The first-order valence-electron chi connectivity index (χ1n) is 9.35. The quantitative estimate of drug-likeness (QED) is 0.589. The van der Waals surface area contributed by atoms with E-state index in [1.165, 1.54) is 62.8 Å². The van der Waals surface area contributed by atoms with Crippen LogP contribution in [0.4, 0.5) is 14.5 Å². The number of benzene rings is 2. The van der Waals surface area contributed by atoms with Crippen molar-refractivity contribution in [1.29, 1.82) is 0 Å². The van der Waals surface area contributed by atoms with Gasteiger partial charge in [0.05, 0.1) is 24.5 Å². The van der Waals surface area contributed by atoms with Crippen LogP contribution in [0.1, 0.15) is 5.56 Å². The van der Waals surface area contributed by atoms with Gasteiger partial charge in [-0.1, -0.05) is 12.1 Å². The third-order valence-corrected chi connectivity index (χ3v) is 4.72. The molecule has 30 heavy (non-hydrogen) atoms. The largest absolute Gasteiger partial charge is 0.383 e. The Morgan fingerprint density at radius 1 is 0.800 bits per heavy atom. The molecule has 0 spiro atoms. The van der Waals surface area contributed by atoms with Crippen LogP contribution >= 0.6 is 0 Å². The fraction of sp³-hybridized carbons (Fsp3) is 0.273. The van der Waals surface area contributed by atoms with E-state index in [0.717, 1.165) is 4.90 Å². The molecule has 0 aliphatic carbocycles. The molecular formula is C22H22F2N2O4. The second kappa shape index (κ2) is 9.60. The zero-order chi connectivity index (χ0) is 21.7. The smallest absolute Gasteiger partial charge is 0.282 e. The highest BCUT2D eigenvalue weighted by molar-refractivity contribution is 6.45. The summed E-state index contributed by atoms with van der Waals surface area (Å²) in [6, 6.07) is 10.5. The number of nitrogens with zero attached hydrogens (tertiary/aromatic N) is 2.